The lowest BCUT2D eigenvalue weighted by atomic mass is 10.1. The van der Waals surface area contributed by atoms with Crippen LogP contribution in [0.15, 0.2) is 43.2 Å². The van der Waals surface area contributed by atoms with Crippen molar-refractivity contribution in [2.45, 2.75) is 18.7 Å². The molecule has 0 bridgehead atoms. The highest BCUT2D eigenvalue weighted by molar-refractivity contribution is 6.42. The molecule has 34 heavy (non-hydrogen) atoms. The molecule has 7 nitrogen and oxygen atoms in total. The molecule has 0 radical (unpaired) electrons. The number of carbonyl (C=O) groups excluding carboxylic acids is 1. The van der Waals surface area contributed by atoms with Crippen LogP contribution in [0.4, 0.5) is 20.3 Å². The summed E-state index contributed by atoms with van der Waals surface area (Å²) in [6, 6.07) is 6.11. The van der Waals surface area contributed by atoms with E-state index in [1.54, 1.807) is 12.1 Å². The Balaban J connectivity index is 1.65. The molecular formula is C23H20Cl2F2N4O3. The van der Waals surface area contributed by atoms with E-state index in [1.165, 1.54) is 30.5 Å². The summed E-state index contributed by atoms with van der Waals surface area (Å²) in [6.45, 7) is 3.67. The summed E-state index contributed by atoms with van der Waals surface area (Å²) in [4.78, 5) is 21.6. The van der Waals surface area contributed by atoms with Gasteiger partial charge in [-0.25, -0.2) is 18.7 Å². The van der Waals surface area contributed by atoms with Crippen LogP contribution in [0.5, 0.6) is 11.5 Å². The van der Waals surface area contributed by atoms with E-state index in [1.807, 2.05) is 0 Å². The summed E-state index contributed by atoms with van der Waals surface area (Å²) in [5.41, 5.74) is 0.557. The van der Waals surface area contributed by atoms with Crippen molar-refractivity contribution in [3.05, 3.63) is 59.1 Å². The number of hydrogen-bond donors (Lipinski definition) is 1. The molecule has 11 heteroatoms. The number of nitrogens with one attached hydrogen (secondary N) is 1. The fourth-order valence-electron chi connectivity index (χ4n) is 3.67. The van der Waals surface area contributed by atoms with E-state index < -0.39 is 18.1 Å². The van der Waals surface area contributed by atoms with Crippen LogP contribution in [0.1, 0.15) is 6.42 Å². The number of aromatic nitrogens is 2. The highest BCUT2D eigenvalue weighted by Gasteiger charge is 2.33. The van der Waals surface area contributed by atoms with Crippen molar-refractivity contribution in [1.82, 2.24) is 14.9 Å². The molecule has 1 aliphatic rings. The third kappa shape index (κ3) is 4.71. The molecule has 3 aromatic rings. The van der Waals surface area contributed by atoms with Crippen LogP contribution in [0, 0.1) is 5.82 Å². The second-order valence-electron chi connectivity index (χ2n) is 7.54. The summed E-state index contributed by atoms with van der Waals surface area (Å²) < 4.78 is 40.8. The minimum absolute atomic E-state index is 0.0655. The largest absolute Gasteiger partial charge is 0.493 e. The zero-order valence-corrected chi connectivity index (χ0v) is 19.5. The number of likely N-dealkylation sites (tertiary alicyclic amines) is 1. The molecule has 1 N–H and O–H groups in total. The Morgan fingerprint density at radius 1 is 1.29 bits per heavy atom. The third-order valence-corrected chi connectivity index (χ3v) is 6.24. The molecule has 2 heterocycles. The molecule has 4 rings (SSSR count). The van der Waals surface area contributed by atoms with Gasteiger partial charge >= 0.3 is 0 Å². The average Bonchev–Trinajstić information content (AvgIpc) is 2.84. The first kappa shape index (κ1) is 24.0. The number of alkyl halides is 1. The van der Waals surface area contributed by atoms with Gasteiger partial charge in [0.2, 0.25) is 5.91 Å². The predicted octanol–water partition coefficient (Wildman–Crippen LogP) is 5.33. The number of fused-ring (bicyclic) bond motifs is 1. The van der Waals surface area contributed by atoms with Crippen molar-refractivity contribution >= 4 is 51.5 Å². The second kappa shape index (κ2) is 9.99. The SMILES string of the molecule is C=CC(=O)N1CC[C@H](Oc2cc3c(Nc4ccc(Cl)c(Cl)c4F)ncnc3cc2OC)[C@H](F)C1. The number of carbonyl (C=O) groups is 1. The fourth-order valence-corrected chi connectivity index (χ4v) is 3.98. The molecule has 1 amide bonds. The van der Waals surface area contributed by atoms with E-state index in [0.717, 1.165) is 6.08 Å². The Morgan fingerprint density at radius 3 is 2.79 bits per heavy atom. The van der Waals surface area contributed by atoms with Crippen LogP contribution in [0.2, 0.25) is 10.0 Å². The lowest BCUT2D eigenvalue weighted by Crippen LogP contribution is -2.48. The number of ether oxygens (including phenoxy) is 2. The van der Waals surface area contributed by atoms with E-state index >= 15 is 0 Å². The summed E-state index contributed by atoms with van der Waals surface area (Å²) in [7, 11) is 1.46. The standard InChI is InChI=1S/C23H20Cl2F2N4O3/c1-3-20(32)31-7-6-17(14(26)10-31)34-19-8-12-16(9-18(19)33-2)28-11-29-23(12)30-15-5-4-13(24)21(25)22(15)27/h3-5,8-9,11,14,17H,1,6-7,10H2,2H3,(H,28,29,30)/t14-,17+/m1/s1. The number of rotatable bonds is 6. The number of halogens is 4. The minimum atomic E-state index is -1.41. The molecule has 1 fully saturated rings. The molecule has 1 aromatic heterocycles. The minimum Gasteiger partial charge on any atom is -0.493 e. The van der Waals surface area contributed by atoms with Crippen molar-refractivity contribution in [3.8, 4) is 11.5 Å². The maximum absolute atomic E-state index is 14.8. The normalized spacial score (nSPS) is 18.0. The van der Waals surface area contributed by atoms with E-state index in [2.05, 4.69) is 21.9 Å². The Kier molecular flexibility index (Phi) is 7.04. The van der Waals surface area contributed by atoms with Gasteiger partial charge in [0.05, 0.1) is 34.9 Å². The first-order valence-corrected chi connectivity index (χ1v) is 11.0. The summed E-state index contributed by atoms with van der Waals surface area (Å²) in [5, 5.41) is 3.24. The Morgan fingerprint density at radius 2 is 2.09 bits per heavy atom. The Labute approximate surface area is 204 Å². The van der Waals surface area contributed by atoms with Crippen LogP contribution in [-0.4, -0.2) is 53.2 Å². The van der Waals surface area contributed by atoms with Crippen molar-refractivity contribution in [2.24, 2.45) is 0 Å². The van der Waals surface area contributed by atoms with Crippen molar-refractivity contribution in [3.63, 3.8) is 0 Å². The molecule has 0 saturated carbocycles. The lowest BCUT2D eigenvalue weighted by Gasteiger charge is -2.34. The van der Waals surface area contributed by atoms with Gasteiger partial charge in [-0.15, -0.1) is 0 Å². The number of hydrogen-bond acceptors (Lipinski definition) is 6. The molecule has 2 aromatic carbocycles. The lowest BCUT2D eigenvalue weighted by molar-refractivity contribution is -0.129. The van der Waals surface area contributed by atoms with Gasteiger partial charge in [-0.2, -0.15) is 0 Å². The van der Waals surface area contributed by atoms with Crippen LogP contribution in [0.3, 0.4) is 0 Å². The summed E-state index contributed by atoms with van der Waals surface area (Å²) in [6.07, 6.45) is 0.546. The van der Waals surface area contributed by atoms with Crippen molar-refractivity contribution < 1.29 is 23.0 Å². The Hall–Kier alpha value is -3.17. The van der Waals surface area contributed by atoms with E-state index in [-0.39, 0.29) is 46.2 Å². The van der Waals surface area contributed by atoms with Crippen LogP contribution >= 0.6 is 23.2 Å². The van der Waals surface area contributed by atoms with Crippen molar-refractivity contribution in [1.29, 1.82) is 0 Å². The number of benzene rings is 2. The van der Waals surface area contributed by atoms with Gasteiger partial charge in [-0.3, -0.25) is 4.79 Å². The second-order valence-corrected chi connectivity index (χ2v) is 8.32. The number of piperidine rings is 1. The van der Waals surface area contributed by atoms with Gasteiger partial charge in [-0.1, -0.05) is 29.8 Å². The van der Waals surface area contributed by atoms with Gasteiger partial charge in [0.15, 0.2) is 23.5 Å². The monoisotopic (exact) mass is 508 g/mol. The van der Waals surface area contributed by atoms with Crippen LogP contribution in [-0.2, 0) is 4.79 Å². The number of anilines is 2. The quantitative estimate of drug-likeness (QED) is 0.358. The molecule has 0 unspecified atom stereocenters. The van der Waals surface area contributed by atoms with Gasteiger partial charge < -0.3 is 19.7 Å². The number of amides is 1. The molecule has 2 atom stereocenters. The zero-order chi connectivity index (χ0) is 24.4. The Bertz CT molecular complexity index is 1260. The maximum Gasteiger partial charge on any atom is 0.246 e. The molecule has 1 aliphatic heterocycles. The molecule has 0 aliphatic carbocycles. The van der Waals surface area contributed by atoms with Crippen molar-refractivity contribution in [2.75, 3.05) is 25.5 Å². The summed E-state index contributed by atoms with van der Waals surface area (Å²) >= 11 is 11.8. The fraction of sp³-hybridized carbons (Fsp3) is 0.261. The van der Waals surface area contributed by atoms with E-state index in [0.29, 0.717) is 23.2 Å². The van der Waals surface area contributed by atoms with Crippen LogP contribution in [0.25, 0.3) is 10.9 Å². The topological polar surface area (TPSA) is 76.6 Å². The zero-order valence-electron chi connectivity index (χ0n) is 18.0. The number of nitrogens with zero attached hydrogens (tertiary/aromatic N) is 3. The average molecular weight is 509 g/mol. The number of methoxy groups -OCH3 is 1. The molecule has 178 valence electrons. The molecule has 0 spiro atoms. The highest BCUT2D eigenvalue weighted by atomic mass is 35.5. The van der Waals surface area contributed by atoms with E-state index in [9.17, 15) is 13.6 Å². The van der Waals surface area contributed by atoms with Crippen LogP contribution < -0.4 is 14.8 Å². The van der Waals surface area contributed by atoms with Gasteiger partial charge in [0.1, 0.15) is 18.2 Å². The first-order chi connectivity index (χ1) is 16.3. The third-order valence-electron chi connectivity index (χ3n) is 5.46. The molecule has 1 saturated heterocycles. The maximum atomic E-state index is 14.8. The van der Waals surface area contributed by atoms with Gasteiger partial charge in [0, 0.05) is 24.4 Å². The van der Waals surface area contributed by atoms with Gasteiger partial charge in [-0.05, 0) is 24.3 Å². The van der Waals surface area contributed by atoms with E-state index in [4.69, 9.17) is 32.7 Å². The molecular weight excluding hydrogens is 489 g/mol. The predicted molar refractivity (Wildman–Crippen MR) is 126 cm³/mol. The summed E-state index contributed by atoms with van der Waals surface area (Å²) in [5.74, 6) is -0.176. The van der Waals surface area contributed by atoms with Gasteiger partial charge in [0.25, 0.3) is 0 Å². The smallest absolute Gasteiger partial charge is 0.246 e. The first-order valence-electron chi connectivity index (χ1n) is 10.3. The highest BCUT2D eigenvalue weighted by Crippen LogP contribution is 2.37.